The van der Waals surface area contributed by atoms with Gasteiger partial charge in [0.05, 0.1) is 62.7 Å². The number of hydrogen-bond acceptors (Lipinski definition) is 9. The number of benzene rings is 4. The molecule has 63 heavy (non-hydrogen) atoms. The summed E-state index contributed by atoms with van der Waals surface area (Å²) >= 11 is 12.5. The summed E-state index contributed by atoms with van der Waals surface area (Å²) in [5.41, 5.74) is 3.27. The molecule has 0 saturated carbocycles. The van der Waals surface area contributed by atoms with Crippen molar-refractivity contribution in [1.82, 2.24) is 20.0 Å². The Morgan fingerprint density at radius 1 is 0.714 bits per heavy atom. The van der Waals surface area contributed by atoms with E-state index in [1.807, 2.05) is 102 Å². The molecule has 3 aliphatic rings. The van der Waals surface area contributed by atoms with Crippen molar-refractivity contribution < 1.29 is 34.1 Å². The van der Waals surface area contributed by atoms with Gasteiger partial charge in [0.25, 0.3) is 5.91 Å². The fourth-order valence-electron chi connectivity index (χ4n) is 7.94. The number of aliphatic hydroxyl groups excluding tert-OH is 2. The van der Waals surface area contributed by atoms with E-state index in [2.05, 4.69) is 5.32 Å². The van der Waals surface area contributed by atoms with Gasteiger partial charge in [-0.3, -0.25) is 29.4 Å². The third kappa shape index (κ3) is 9.43. The van der Waals surface area contributed by atoms with Crippen LogP contribution < -0.4 is 14.8 Å². The summed E-state index contributed by atoms with van der Waals surface area (Å²) in [5, 5.41) is 24.3. The van der Waals surface area contributed by atoms with Crippen molar-refractivity contribution in [2.24, 2.45) is 9.98 Å². The van der Waals surface area contributed by atoms with Gasteiger partial charge in [-0.25, -0.2) is 4.79 Å². The van der Waals surface area contributed by atoms with E-state index in [0.717, 1.165) is 22.3 Å². The van der Waals surface area contributed by atoms with Gasteiger partial charge in [-0.15, -0.1) is 0 Å². The number of carbonyl (C=O) groups is 3. The number of amidine groups is 2. The molecule has 0 spiro atoms. The average molecular weight is 898 g/mol. The summed E-state index contributed by atoms with van der Waals surface area (Å²) < 4.78 is 12.3. The third-order valence-electron chi connectivity index (χ3n) is 11.9. The van der Waals surface area contributed by atoms with Crippen LogP contribution in [-0.4, -0.2) is 113 Å². The van der Waals surface area contributed by atoms with Crippen LogP contribution in [0.15, 0.2) is 94.9 Å². The second kappa shape index (κ2) is 18.7. The summed E-state index contributed by atoms with van der Waals surface area (Å²) in [4.78, 5) is 58.4. The highest BCUT2D eigenvalue weighted by atomic mass is 35.5. The summed E-state index contributed by atoms with van der Waals surface area (Å²) in [6.07, 6.45) is 0. The van der Waals surface area contributed by atoms with E-state index in [1.54, 1.807) is 29.2 Å². The number of urea groups is 1. The van der Waals surface area contributed by atoms with Crippen LogP contribution >= 0.6 is 23.2 Å². The van der Waals surface area contributed by atoms with Crippen molar-refractivity contribution in [3.8, 4) is 11.5 Å². The number of aliphatic hydroxyl groups is 2. The molecule has 15 heteroatoms. The molecule has 4 amide bonds. The van der Waals surface area contributed by atoms with Gasteiger partial charge in [-0.05, 0) is 84.6 Å². The zero-order valence-corrected chi connectivity index (χ0v) is 37.9. The van der Waals surface area contributed by atoms with Crippen molar-refractivity contribution in [3.63, 3.8) is 0 Å². The molecule has 332 valence electrons. The number of nitrogens with zero attached hydrogens (tertiary/aromatic N) is 5. The molecule has 0 aliphatic carbocycles. The first kappa shape index (κ1) is 45.6. The first-order chi connectivity index (χ1) is 30.1. The SMILES string of the molecule is CCOc1cc(C(C)(C)CO)ccc1C1=NC(c2ccc(Cl)cc2)CN1C(=O)[C@H]1CNC(=O)CN1C(=O)N1CC(c2ccc(Cl)cc2)N=C1c1ccc(C(C)(C)CO)cc1OCC. The van der Waals surface area contributed by atoms with Crippen LogP contribution in [0.25, 0.3) is 0 Å². The minimum absolute atomic E-state index is 0.0938. The van der Waals surface area contributed by atoms with Gasteiger partial charge in [0.2, 0.25) is 5.91 Å². The summed E-state index contributed by atoms with van der Waals surface area (Å²) in [6, 6.07) is 23.0. The number of rotatable bonds is 13. The quantitative estimate of drug-likeness (QED) is 0.130. The average Bonchev–Trinajstić information content (AvgIpc) is 3.93. The van der Waals surface area contributed by atoms with E-state index < -0.39 is 46.8 Å². The maximum Gasteiger partial charge on any atom is 0.326 e. The van der Waals surface area contributed by atoms with E-state index in [1.165, 1.54) is 9.80 Å². The zero-order valence-electron chi connectivity index (χ0n) is 36.4. The van der Waals surface area contributed by atoms with Crippen molar-refractivity contribution in [1.29, 1.82) is 0 Å². The van der Waals surface area contributed by atoms with E-state index in [9.17, 15) is 15.0 Å². The van der Waals surface area contributed by atoms with Crippen LogP contribution in [0.3, 0.4) is 0 Å². The largest absolute Gasteiger partial charge is 0.493 e. The molecule has 2 unspecified atom stereocenters. The lowest BCUT2D eigenvalue weighted by Crippen LogP contribution is -2.64. The molecule has 0 aromatic heterocycles. The molecule has 3 N–H and O–H groups in total. The molecule has 7 rings (SSSR count). The Morgan fingerprint density at radius 3 is 1.60 bits per heavy atom. The Morgan fingerprint density at radius 2 is 1.16 bits per heavy atom. The Hall–Kier alpha value is -5.47. The lowest BCUT2D eigenvalue weighted by Gasteiger charge is -2.39. The molecule has 3 aliphatic heterocycles. The maximum absolute atomic E-state index is 15.3. The molecular weight excluding hydrogens is 843 g/mol. The highest BCUT2D eigenvalue weighted by Gasteiger charge is 2.46. The van der Waals surface area contributed by atoms with Crippen LogP contribution in [0.2, 0.25) is 10.0 Å². The van der Waals surface area contributed by atoms with E-state index >= 15 is 9.59 Å². The van der Waals surface area contributed by atoms with Gasteiger partial charge in [-0.2, -0.15) is 0 Å². The zero-order chi connectivity index (χ0) is 45.2. The summed E-state index contributed by atoms with van der Waals surface area (Å²) in [5.74, 6) is 0.753. The molecular formula is C48H54Cl2N6O7. The fourth-order valence-corrected chi connectivity index (χ4v) is 8.20. The van der Waals surface area contributed by atoms with Crippen LogP contribution in [0.4, 0.5) is 4.79 Å². The molecule has 4 aromatic carbocycles. The van der Waals surface area contributed by atoms with Crippen molar-refractivity contribution in [2.45, 2.75) is 70.5 Å². The summed E-state index contributed by atoms with van der Waals surface area (Å²) in [7, 11) is 0. The molecule has 0 radical (unpaired) electrons. The number of carbonyl (C=O) groups excluding carboxylic acids is 3. The monoisotopic (exact) mass is 896 g/mol. The number of amides is 4. The van der Waals surface area contributed by atoms with E-state index in [-0.39, 0.29) is 39.4 Å². The predicted octanol–water partition coefficient (Wildman–Crippen LogP) is 7.08. The van der Waals surface area contributed by atoms with Crippen LogP contribution in [0.1, 0.15) is 87.0 Å². The minimum atomic E-state index is -1.14. The van der Waals surface area contributed by atoms with Gasteiger partial charge in [0.1, 0.15) is 35.8 Å². The van der Waals surface area contributed by atoms with Gasteiger partial charge < -0.3 is 29.9 Å². The van der Waals surface area contributed by atoms with E-state index in [4.69, 9.17) is 42.7 Å². The second-order valence-corrected chi connectivity index (χ2v) is 18.1. The smallest absolute Gasteiger partial charge is 0.326 e. The highest BCUT2D eigenvalue weighted by molar-refractivity contribution is 6.30. The maximum atomic E-state index is 15.3. The number of piperazine rings is 1. The van der Waals surface area contributed by atoms with E-state index in [0.29, 0.717) is 57.6 Å². The van der Waals surface area contributed by atoms with Gasteiger partial charge in [0.15, 0.2) is 0 Å². The lowest BCUT2D eigenvalue weighted by atomic mass is 9.85. The molecule has 13 nitrogen and oxygen atoms in total. The predicted molar refractivity (Wildman–Crippen MR) is 244 cm³/mol. The van der Waals surface area contributed by atoms with Crippen LogP contribution in [0, 0.1) is 0 Å². The first-order valence-corrected chi connectivity index (χ1v) is 21.9. The topological polar surface area (TPSA) is 157 Å². The molecule has 1 saturated heterocycles. The highest BCUT2D eigenvalue weighted by Crippen LogP contribution is 2.38. The third-order valence-corrected chi connectivity index (χ3v) is 12.4. The molecule has 4 aromatic rings. The summed E-state index contributed by atoms with van der Waals surface area (Å²) in [6.45, 7) is 11.6. The molecule has 3 heterocycles. The number of hydrogen-bond donors (Lipinski definition) is 3. The Balaban J connectivity index is 1.29. The Labute approximate surface area is 378 Å². The number of halogens is 2. The number of aliphatic imine (C=N–C) groups is 2. The standard InChI is InChI=1S/C48H54Cl2N6O7/c1-7-62-40-21-31(47(3,4)27-57)13-19-35(40)43-52-37(29-9-15-33(49)16-10-29)24-55(43)45(60)39-23-51-42(59)26-54(39)46(61)56-25-38(30-11-17-34(50)18-12-30)53-44(56)36-20-14-32(48(5,6)28-58)22-41(36)63-8-2/h9-22,37-39,57-58H,7-8,23-28H2,1-6H3,(H,51,59)/t37?,38?,39-/m1/s1. The fraction of sp³-hybridized carbons (Fsp3) is 0.396. The Kier molecular flexibility index (Phi) is 13.5. The normalized spacial score (nSPS) is 19.2. The number of nitrogens with one attached hydrogen (secondary N) is 1. The van der Waals surface area contributed by atoms with Gasteiger partial charge >= 0.3 is 6.03 Å². The first-order valence-electron chi connectivity index (χ1n) is 21.2. The van der Waals surface area contributed by atoms with Crippen LogP contribution in [0.5, 0.6) is 11.5 Å². The van der Waals surface area contributed by atoms with Gasteiger partial charge in [0, 0.05) is 27.4 Å². The van der Waals surface area contributed by atoms with Gasteiger partial charge in [-0.1, -0.05) is 87.3 Å². The number of ether oxygens (including phenoxy) is 2. The Bertz CT molecular complexity index is 2420. The molecule has 3 atom stereocenters. The van der Waals surface area contributed by atoms with Crippen molar-refractivity contribution in [2.75, 3.05) is 52.6 Å². The van der Waals surface area contributed by atoms with Crippen LogP contribution in [-0.2, 0) is 20.4 Å². The second-order valence-electron chi connectivity index (χ2n) is 17.2. The van der Waals surface area contributed by atoms with Crippen molar-refractivity contribution in [3.05, 3.63) is 128 Å². The molecule has 0 bridgehead atoms. The van der Waals surface area contributed by atoms with Crippen molar-refractivity contribution >= 4 is 52.7 Å². The minimum Gasteiger partial charge on any atom is -0.493 e. The lowest BCUT2D eigenvalue weighted by molar-refractivity contribution is -0.135. The molecule has 1 fully saturated rings.